The Kier molecular flexibility index (Phi) is 6.87. The summed E-state index contributed by atoms with van der Waals surface area (Å²) in [5.41, 5.74) is 0.665. The number of carbonyl (C=O) groups excluding carboxylic acids is 2. The first-order valence-corrected chi connectivity index (χ1v) is 8.21. The Bertz CT molecular complexity index is 504. The van der Waals surface area contributed by atoms with E-state index in [0.29, 0.717) is 6.42 Å². The number of hydrogen-bond acceptors (Lipinski definition) is 5. The predicted octanol–water partition coefficient (Wildman–Crippen LogP) is 3.45. The van der Waals surface area contributed by atoms with E-state index in [1.54, 1.807) is 32.1 Å². The van der Waals surface area contributed by atoms with Crippen molar-refractivity contribution in [3.63, 3.8) is 0 Å². The van der Waals surface area contributed by atoms with Gasteiger partial charge in [-0.2, -0.15) is 0 Å². The van der Waals surface area contributed by atoms with Gasteiger partial charge in [0.25, 0.3) is 0 Å². The normalized spacial score (nSPS) is 12.6. The van der Waals surface area contributed by atoms with Crippen molar-refractivity contribution < 1.29 is 19.1 Å². The molecule has 0 aliphatic rings. The largest absolute Gasteiger partial charge is 0.467 e. The fourth-order valence-corrected chi connectivity index (χ4v) is 2.92. The predicted molar refractivity (Wildman–Crippen MR) is 87.2 cm³/mol. The Labute approximate surface area is 136 Å². The number of methoxy groups -OCH3 is 1. The minimum absolute atomic E-state index is 0.450. The highest BCUT2D eigenvalue weighted by Crippen LogP contribution is 2.18. The van der Waals surface area contributed by atoms with Gasteiger partial charge in [-0.1, -0.05) is 0 Å². The van der Waals surface area contributed by atoms with E-state index in [1.165, 1.54) is 17.6 Å². The molecular weight excluding hydrogens is 302 g/mol. The van der Waals surface area contributed by atoms with E-state index in [1.807, 2.05) is 0 Å². The van der Waals surface area contributed by atoms with Gasteiger partial charge in [-0.3, -0.25) is 0 Å². The number of esters is 1. The number of aryl methyl sites for hydroxylation is 2. The van der Waals surface area contributed by atoms with E-state index >= 15 is 0 Å². The summed E-state index contributed by atoms with van der Waals surface area (Å²) >= 11 is 1.71. The Morgan fingerprint density at radius 1 is 1.36 bits per heavy atom. The molecule has 1 aromatic heterocycles. The molecule has 0 spiro atoms. The number of thiophene rings is 1. The van der Waals surface area contributed by atoms with E-state index in [9.17, 15) is 9.59 Å². The minimum atomic E-state index is -0.680. The minimum Gasteiger partial charge on any atom is -0.467 e. The first-order chi connectivity index (χ1) is 10.2. The Balaban J connectivity index is 2.52. The summed E-state index contributed by atoms with van der Waals surface area (Å²) in [6, 6.07) is 1.40. The van der Waals surface area contributed by atoms with Crippen molar-refractivity contribution in [3.8, 4) is 0 Å². The molecule has 1 N–H and O–H groups in total. The zero-order valence-corrected chi connectivity index (χ0v) is 14.7. The summed E-state index contributed by atoms with van der Waals surface area (Å²) in [5.74, 6) is -0.450. The van der Waals surface area contributed by atoms with E-state index in [0.717, 1.165) is 12.8 Å². The van der Waals surface area contributed by atoms with Crippen LogP contribution in [0, 0.1) is 6.92 Å². The molecule has 0 radical (unpaired) electrons. The monoisotopic (exact) mass is 327 g/mol. The molecule has 0 bridgehead atoms. The lowest BCUT2D eigenvalue weighted by Crippen LogP contribution is -2.44. The van der Waals surface area contributed by atoms with Crippen molar-refractivity contribution in [2.24, 2.45) is 0 Å². The second-order valence-corrected chi connectivity index (χ2v) is 7.14. The highest BCUT2D eigenvalue weighted by molar-refractivity contribution is 7.10. The number of rotatable bonds is 6. The van der Waals surface area contributed by atoms with Crippen LogP contribution >= 0.6 is 11.3 Å². The first kappa shape index (κ1) is 18.5. The highest BCUT2D eigenvalue weighted by Gasteiger charge is 2.24. The molecule has 0 fully saturated rings. The summed E-state index contributed by atoms with van der Waals surface area (Å²) in [5, 5.41) is 4.64. The molecule has 0 aliphatic heterocycles. The van der Waals surface area contributed by atoms with Crippen molar-refractivity contribution >= 4 is 23.4 Å². The molecule has 6 heteroatoms. The molecule has 0 aliphatic carbocycles. The molecule has 1 heterocycles. The van der Waals surface area contributed by atoms with Crippen LogP contribution in [-0.4, -0.2) is 30.8 Å². The summed E-state index contributed by atoms with van der Waals surface area (Å²) in [6.07, 6.45) is 1.59. The van der Waals surface area contributed by atoms with E-state index < -0.39 is 23.7 Å². The molecule has 22 heavy (non-hydrogen) atoms. The number of carbonyl (C=O) groups is 2. The van der Waals surface area contributed by atoms with Gasteiger partial charge in [-0.25, -0.2) is 9.59 Å². The maximum atomic E-state index is 11.8. The van der Waals surface area contributed by atoms with Crippen LogP contribution in [0.5, 0.6) is 0 Å². The summed E-state index contributed by atoms with van der Waals surface area (Å²) in [4.78, 5) is 24.9. The van der Waals surface area contributed by atoms with Crippen molar-refractivity contribution in [1.82, 2.24) is 5.32 Å². The Morgan fingerprint density at radius 2 is 2.05 bits per heavy atom. The molecule has 5 nitrogen and oxygen atoms in total. The number of nitrogens with one attached hydrogen (secondary N) is 1. The summed E-state index contributed by atoms with van der Waals surface area (Å²) < 4.78 is 9.93. The zero-order valence-electron chi connectivity index (χ0n) is 13.9. The molecule has 1 atom stereocenters. The van der Waals surface area contributed by atoms with Gasteiger partial charge in [0.15, 0.2) is 0 Å². The van der Waals surface area contributed by atoms with Crippen LogP contribution in [0.3, 0.4) is 0 Å². The van der Waals surface area contributed by atoms with Crippen molar-refractivity contribution in [2.45, 2.75) is 58.6 Å². The Morgan fingerprint density at radius 3 is 2.55 bits per heavy atom. The molecule has 1 aromatic rings. The molecule has 0 saturated heterocycles. The lowest BCUT2D eigenvalue weighted by Gasteiger charge is -2.22. The Hall–Kier alpha value is -1.56. The molecule has 1 rings (SSSR count). The zero-order chi connectivity index (χ0) is 16.8. The van der Waals surface area contributed by atoms with Crippen LogP contribution in [0.4, 0.5) is 4.79 Å². The molecule has 1 amide bonds. The molecule has 0 aromatic carbocycles. The van der Waals surface area contributed by atoms with Gasteiger partial charge in [0.2, 0.25) is 0 Å². The third-order valence-electron chi connectivity index (χ3n) is 3.04. The standard InChI is InChI=1S/C16H25NO4S/c1-11-9-10-22-13(11)8-6-7-12(14(18)20-5)17-15(19)21-16(2,3)4/h9-10,12H,6-8H2,1-5H3,(H,17,19)/t12-/m0/s1. The number of hydrogen-bond donors (Lipinski definition) is 1. The average molecular weight is 327 g/mol. The van der Waals surface area contributed by atoms with Crippen molar-refractivity contribution in [2.75, 3.05) is 7.11 Å². The van der Waals surface area contributed by atoms with Gasteiger partial charge in [0.05, 0.1) is 7.11 Å². The highest BCUT2D eigenvalue weighted by atomic mass is 32.1. The lowest BCUT2D eigenvalue weighted by atomic mass is 10.1. The lowest BCUT2D eigenvalue weighted by molar-refractivity contribution is -0.143. The van der Waals surface area contributed by atoms with E-state index in [-0.39, 0.29) is 0 Å². The van der Waals surface area contributed by atoms with E-state index in [4.69, 9.17) is 9.47 Å². The summed E-state index contributed by atoms with van der Waals surface area (Å²) in [7, 11) is 1.32. The second-order valence-electron chi connectivity index (χ2n) is 6.14. The van der Waals surface area contributed by atoms with Crippen LogP contribution in [0.2, 0.25) is 0 Å². The summed E-state index contributed by atoms with van der Waals surface area (Å²) in [6.45, 7) is 7.40. The maximum absolute atomic E-state index is 11.8. The first-order valence-electron chi connectivity index (χ1n) is 7.33. The van der Waals surface area contributed by atoms with Crippen molar-refractivity contribution in [1.29, 1.82) is 0 Å². The van der Waals surface area contributed by atoms with Gasteiger partial charge in [-0.15, -0.1) is 11.3 Å². The fourth-order valence-electron chi connectivity index (χ4n) is 1.97. The molecule has 124 valence electrons. The van der Waals surface area contributed by atoms with Gasteiger partial charge in [0.1, 0.15) is 11.6 Å². The van der Waals surface area contributed by atoms with E-state index in [2.05, 4.69) is 23.7 Å². The van der Waals surface area contributed by atoms with Crippen LogP contribution in [0.15, 0.2) is 11.4 Å². The van der Waals surface area contributed by atoms with Crippen LogP contribution in [-0.2, 0) is 20.7 Å². The smallest absolute Gasteiger partial charge is 0.408 e. The maximum Gasteiger partial charge on any atom is 0.408 e. The van der Waals surface area contributed by atoms with Gasteiger partial charge in [0, 0.05) is 4.88 Å². The SMILES string of the molecule is COC(=O)[C@H](CCCc1sccc1C)NC(=O)OC(C)(C)C. The number of ether oxygens (including phenoxy) is 2. The number of alkyl carbamates (subject to hydrolysis) is 1. The average Bonchev–Trinajstić information content (AvgIpc) is 2.80. The molecule has 0 saturated carbocycles. The van der Waals surface area contributed by atoms with Gasteiger partial charge < -0.3 is 14.8 Å². The van der Waals surface area contributed by atoms with Crippen LogP contribution in [0.1, 0.15) is 44.1 Å². The third kappa shape index (κ3) is 6.47. The quantitative estimate of drug-likeness (QED) is 0.813. The fraction of sp³-hybridized carbons (Fsp3) is 0.625. The number of amides is 1. The molecule has 0 unspecified atom stereocenters. The van der Waals surface area contributed by atoms with Crippen LogP contribution < -0.4 is 5.32 Å². The van der Waals surface area contributed by atoms with Gasteiger partial charge in [-0.05, 0) is 64.0 Å². The van der Waals surface area contributed by atoms with Gasteiger partial charge >= 0.3 is 12.1 Å². The third-order valence-corrected chi connectivity index (χ3v) is 4.12. The van der Waals surface area contributed by atoms with Crippen molar-refractivity contribution in [3.05, 3.63) is 21.9 Å². The topological polar surface area (TPSA) is 64.6 Å². The van der Waals surface area contributed by atoms with Crippen LogP contribution in [0.25, 0.3) is 0 Å². The second kappa shape index (κ2) is 8.17. The molecular formula is C16H25NO4S.